The molecule has 7 heteroatoms. The molecule has 1 N–H and O–H groups in total. The molecule has 3 heterocycles. The molecule has 3 aromatic rings. The number of hydrogen-bond acceptors (Lipinski definition) is 5. The van der Waals surface area contributed by atoms with E-state index in [0.29, 0.717) is 22.4 Å². The van der Waals surface area contributed by atoms with Crippen LogP contribution >= 0.6 is 22.9 Å². The molecule has 1 aliphatic heterocycles. The predicted molar refractivity (Wildman–Crippen MR) is 122 cm³/mol. The second-order valence-electron chi connectivity index (χ2n) is 8.40. The maximum Gasteiger partial charge on any atom is 0.253 e. The zero-order valence-corrected chi connectivity index (χ0v) is 18.8. The van der Waals surface area contributed by atoms with Gasteiger partial charge in [0.2, 0.25) is 0 Å². The highest BCUT2D eigenvalue weighted by Crippen LogP contribution is 2.57. The van der Waals surface area contributed by atoms with E-state index in [4.69, 9.17) is 16.6 Å². The molecule has 2 aliphatic rings. The highest BCUT2D eigenvalue weighted by atomic mass is 35.5. The van der Waals surface area contributed by atoms with E-state index < -0.39 is 0 Å². The van der Waals surface area contributed by atoms with Crippen molar-refractivity contribution in [1.29, 1.82) is 0 Å². The Balaban J connectivity index is 1.35. The fraction of sp³-hybridized carbons (Fsp3) is 0.435. The van der Waals surface area contributed by atoms with Crippen LogP contribution in [0.25, 0.3) is 10.2 Å². The number of rotatable bonds is 4. The lowest BCUT2D eigenvalue weighted by atomic mass is 10.0. The SMILES string of the molecule is Cc1nc(C2CC2c2ccc(C(=O)N(C)[C@@H]3CCCNC3)cc2Cl)c2ccsc2n1. The molecule has 0 spiro atoms. The van der Waals surface area contributed by atoms with Crippen molar-refractivity contribution in [3.8, 4) is 0 Å². The van der Waals surface area contributed by atoms with Crippen molar-refractivity contribution in [2.24, 2.45) is 0 Å². The molecule has 5 nitrogen and oxygen atoms in total. The molecular weight excluding hydrogens is 416 g/mol. The van der Waals surface area contributed by atoms with Crippen LogP contribution < -0.4 is 5.32 Å². The van der Waals surface area contributed by atoms with Crippen LogP contribution in [-0.4, -0.2) is 47.0 Å². The van der Waals surface area contributed by atoms with Gasteiger partial charge in [-0.2, -0.15) is 0 Å². The number of aryl methyl sites for hydroxylation is 1. The number of amides is 1. The summed E-state index contributed by atoms with van der Waals surface area (Å²) in [5.74, 6) is 1.56. The van der Waals surface area contributed by atoms with E-state index in [0.717, 1.165) is 59.7 Å². The van der Waals surface area contributed by atoms with Crippen LogP contribution in [0.1, 0.15) is 58.5 Å². The molecule has 30 heavy (non-hydrogen) atoms. The molecule has 1 aliphatic carbocycles. The van der Waals surface area contributed by atoms with Crippen molar-refractivity contribution in [2.75, 3.05) is 20.1 Å². The fourth-order valence-electron chi connectivity index (χ4n) is 4.61. The molecule has 2 aromatic heterocycles. The number of likely N-dealkylation sites (N-methyl/N-ethyl adjacent to an activating group) is 1. The molecule has 1 amide bonds. The standard InChI is InChI=1S/C23H25ClN4OS/c1-13-26-21(17-7-9-30-22(17)27-13)19-11-18(19)16-6-5-14(10-20(16)24)23(29)28(2)15-4-3-8-25-12-15/h5-7,9-10,15,18-19,25H,3-4,8,11-12H2,1-2H3/t15-,18?,19?/m1/s1. The summed E-state index contributed by atoms with van der Waals surface area (Å²) in [5.41, 5.74) is 2.90. The van der Waals surface area contributed by atoms with Crippen LogP contribution in [0, 0.1) is 6.92 Å². The van der Waals surface area contributed by atoms with Crippen molar-refractivity contribution in [2.45, 2.75) is 44.1 Å². The lowest BCUT2D eigenvalue weighted by molar-refractivity contribution is 0.0708. The zero-order valence-electron chi connectivity index (χ0n) is 17.2. The van der Waals surface area contributed by atoms with Crippen LogP contribution in [0.2, 0.25) is 5.02 Å². The Bertz CT molecular complexity index is 1110. The molecule has 0 radical (unpaired) electrons. The van der Waals surface area contributed by atoms with Crippen molar-refractivity contribution in [3.05, 3.63) is 57.3 Å². The third kappa shape index (κ3) is 3.61. The molecule has 5 rings (SSSR count). The van der Waals surface area contributed by atoms with Gasteiger partial charge in [0, 0.05) is 41.5 Å². The molecule has 1 aromatic carbocycles. The third-order valence-electron chi connectivity index (χ3n) is 6.39. The Labute approximate surface area is 185 Å². The molecule has 1 saturated heterocycles. The Morgan fingerprint density at radius 3 is 2.90 bits per heavy atom. The number of halogens is 1. The zero-order chi connectivity index (χ0) is 20.8. The number of carbonyl (C=O) groups excluding carboxylic acids is 1. The van der Waals surface area contributed by atoms with E-state index in [1.165, 1.54) is 0 Å². The lowest BCUT2D eigenvalue weighted by Crippen LogP contribution is -2.46. The van der Waals surface area contributed by atoms with Gasteiger partial charge in [-0.3, -0.25) is 4.79 Å². The minimum absolute atomic E-state index is 0.0379. The summed E-state index contributed by atoms with van der Waals surface area (Å²) in [4.78, 5) is 25.2. The van der Waals surface area contributed by atoms with Crippen molar-refractivity contribution in [3.63, 3.8) is 0 Å². The highest BCUT2D eigenvalue weighted by molar-refractivity contribution is 7.16. The minimum atomic E-state index is 0.0379. The Kier molecular flexibility index (Phi) is 5.25. The molecule has 2 fully saturated rings. The normalized spacial score (nSPS) is 23.5. The minimum Gasteiger partial charge on any atom is -0.337 e. The number of piperidine rings is 1. The van der Waals surface area contributed by atoms with Gasteiger partial charge in [0.15, 0.2) is 0 Å². The summed E-state index contributed by atoms with van der Waals surface area (Å²) in [6.45, 7) is 3.84. The van der Waals surface area contributed by atoms with E-state index in [-0.39, 0.29) is 11.9 Å². The maximum atomic E-state index is 13.0. The van der Waals surface area contributed by atoms with Crippen LogP contribution in [-0.2, 0) is 0 Å². The number of hydrogen-bond donors (Lipinski definition) is 1. The van der Waals surface area contributed by atoms with Crippen LogP contribution in [0.5, 0.6) is 0 Å². The number of nitrogens with one attached hydrogen (secondary N) is 1. The number of fused-ring (bicyclic) bond motifs is 1. The third-order valence-corrected chi connectivity index (χ3v) is 7.53. The molecular formula is C23H25ClN4OS. The van der Waals surface area contributed by atoms with E-state index in [2.05, 4.69) is 21.7 Å². The van der Waals surface area contributed by atoms with Gasteiger partial charge < -0.3 is 10.2 Å². The van der Waals surface area contributed by atoms with Crippen LogP contribution in [0.4, 0.5) is 0 Å². The summed E-state index contributed by atoms with van der Waals surface area (Å²) in [7, 11) is 1.89. The quantitative estimate of drug-likeness (QED) is 0.636. The van der Waals surface area contributed by atoms with Gasteiger partial charge in [0.1, 0.15) is 10.7 Å². The summed E-state index contributed by atoms with van der Waals surface area (Å²) in [6.07, 6.45) is 3.17. The lowest BCUT2D eigenvalue weighted by Gasteiger charge is -2.31. The second kappa shape index (κ2) is 7.91. The maximum absolute atomic E-state index is 13.0. The van der Waals surface area contributed by atoms with Gasteiger partial charge in [0.25, 0.3) is 5.91 Å². The van der Waals surface area contributed by atoms with Gasteiger partial charge in [-0.1, -0.05) is 17.7 Å². The molecule has 156 valence electrons. The first kappa shape index (κ1) is 19.9. The van der Waals surface area contributed by atoms with Crippen molar-refractivity contribution >= 4 is 39.1 Å². The first-order valence-electron chi connectivity index (χ1n) is 10.5. The average Bonchev–Trinajstić information content (AvgIpc) is 3.40. The average molecular weight is 441 g/mol. The topological polar surface area (TPSA) is 58.1 Å². The predicted octanol–water partition coefficient (Wildman–Crippen LogP) is 4.75. The number of benzene rings is 1. The van der Waals surface area contributed by atoms with Crippen molar-refractivity contribution in [1.82, 2.24) is 20.2 Å². The first-order valence-corrected chi connectivity index (χ1v) is 11.8. The fourth-order valence-corrected chi connectivity index (χ4v) is 5.75. The van der Waals surface area contributed by atoms with Gasteiger partial charge in [0.05, 0.1) is 5.69 Å². The van der Waals surface area contributed by atoms with Gasteiger partial charge in [-0.15, -0.1) is 11.3 Å². The molecule has 3 atom stereocenters. The summed E-state index contributed by atoms with van der Waals surface area (Å²) in [5, 5.41) is 7.28. The molecule has 2 unspecified atom stereocenters. The van der Waals surface area contributed by atoms with Gasteiger partial charge in [-0.25, -0.2) is 9.97 Å². The Hall–Kier alpha value is -2.02. The van der Waals surface area contributed by atoms with E-state index >= 15 is 0 Å². The highest BCUT2D eigenvalue weighted by Gasteiger charge is 2.43. The number of carbonyl (C=O) groups is 1. The largest absolute Gasteiger partial charge is 0.337 e. The van der Waals surface area contributed by atoms with Crippen LogP contribution in [0.15, 0.2) is 29.6 Å². The second-order valence-corrected chi connectivity index (χ2v) is 9.70. The van der Waals surface area contributed by atoms with Crippen LogP contribution in [0.3, 0.4) is 0 Å². The number of nitrogens with zero attached hydrogens (tertiary/aromatic N) is 3. The van der Waals surface area contributed by atoms with E-state index in [9.17, 15) is 4.79 Å². The first-order chi connectivity index (χ1) is 14.5. The number of thiophene rings is 1. The molecule has 1 saturated carbocycles. The van der Waals surface area contributed by atoms with E-state index in [1.807, 2.05) is 37.1 Å². The summed E-state index contributed by atoms with van der Waals surface area (Å²) >= 11 is 8.32. The summed E-state index contributed by atoms with van der Waals surface area (Å²) in [6, 6.07) is 8.16. The Morgan fingerprint density at radius 1 is 1.27 bits per heavy atom. The van der Waals surface area contributed by atoms with Gasteiger partial charge >= 0.3 is 0 Å². The molecule has 0 bridgehead atoms. The summed E-state index contributed by atoms with van der Waals surface area (Å²) < 4.78 is 0. The van der Waals surface area contributed by atoms with E-state index in [1.54, 1.807) is 11.3 Å². The van der Waals surface area contributed by atoms with Gasteiger partial charge in [-0.05, 0) is 67.8 Å². The Morgan fingerprint density at radius 2 is 2.13 bits per heavy atom. The monoisotopic (exact) mass is 440 g/mol. The number of aromatic nitrogens is 2. The smallest absolute Gasteiger partial charge is 0.253 e. The van der Waals surface area contributed by atoms with Crippen molar-refractivity contribution < 1.29 is 4.79 Å².